The standard InChI is InChI=1S/C11H19N3O2/c1-11(15-5-6-16-11)3-4-12-7-10-8-13-14(2)9-10/h8-9,12H,3-7H2,1-2H3. The third-order valence-corrected chi connectivity index (χ3v) is 2.74. The molecule has 0 unspecified atom stereocenters. The summed E-state index contributed by atoms with van der Waals surface area (Å²) in [5.74, 6) is -0.387. The molecule has 0 aromatic carbocycles. The molecule has 0 spiro atoms. The molecule has 2 rings (SSSR count). The van der Waals surface area contributed by atoms with Gasteiger partial charge in [-0.1, -0.05) is 0 Å². The number of aryl methyl sites for hydroxylation is 1. The fourth-order valence-electron chi connectivity index (χ4n) is 1.81. The van der Waals surface area contributed by atoms with E-state index < -0.39 is 0 Å². The Kier molecular flexibility index (Phi) is 3.58. The number of hydrogen-bond donors (Lipinski definition) is 1. The normalized spacial score (nSPS) is 19.1. The molecule has 0 bridgehead atoms. The lowest BCUT2D eigenvalue weighted by molar-refractivity contribution is -0.145. The highest BCUT2D eigenvalue weighted by molar-refractivity contribution is 5.02. The van der Waals surface area contributed by atoms with Gasteiger partial charge in [-0.2, -0.15) is 5.10 Å². The molecule has 90 valence electrons. The summed E-state index contributed by atoms with van der Waals surface area (Å²) in [5.41, 5.74) is 1.20. The molecule has 16 heavy (non-hydrogen) atoms. The van der Waals surface area contributed by atoms with E-state index in [-0.39, 0.29) is 5.79 Å². The molecule has 1 saturated heterocycles. The molecule has 0 amide bonds. The van der Waals surface area contributed by atoms with Gasteiger partial charge in [0, 0.05) is 38.3 Å². The number of hydrogen-bond acceptors (Lipinski definition) is 4. The SMILES string of the molecule is Cn1cc(CNCCC2(C)OCCO2)cn1. The Bertz CT molecular complexity index is 332. The molecule has 1 aliphatic heterocycles. The first-order valence-corrected chi connectivity index (χ1v) is 5.64. The van der Waals surface area contributed by atoms with Crippen LogP contribution in [0, 0.1) is 0 Å². The van der Waals surface area contributed by atoms with Gasteiger partial charge in [0.1, 0.15) is 0 Å². The van der Waals surface area contributed by atoms with Crippen LogP contribution < -0.4 is 5.32 Å². The van der Waals surface area contributed by atoms with E-state index in [1.807, 2.05) is 31.0 Å². The van der Waals surface area contributed by atoms with Gasteiger partial charge in [-0.15, -0.1) is 0 Å². The molecule has 1 aliphatic rings. The molecule has 5 nitrogen and oxygen atoms in total. The van der Waals surface area contributed by atoms with E-state index in [0.717, 1.165) is 19.5 Å². The van der Waals surface area contributed by atoms with Crippen LogP contribution in [0.2, 0.25) is 0 Å². The average Bonchev–Trinajstić information content (AvgIpc) is 2.84. The lowest BCUT2D eigenvalue weighted by atomic mass is 10.2. The van der Waals surface area contributed by atoms with Crippen molar-refractivity contribution in [2.24, 2.45) is 7.05 Å². The van der Waals surface area contributed by atoms with Crippen molar-refractivity contribution < 1.29 is 9.47 Å². The van der Waals surface area contributed by atoms with Crippen LogP contribution in [0.15, 0.2) is 12.4 Å². The summed E-state index contributed by atoms with van der Waals surface area (Å²) >= 11 is 0. The molecular formula is C11H19N3O2. The molecule has 5 heteroatoms. The van der Waals surface area contributed by atoms with Crippen LogP contribution >= 0.6 is 0 Å². The predicted molar refractivity (Wildman–Crippen MR) is 59.8 cm³/mol. The van der Waals surface area contributed by atoms with Gasteiger partial charge in [0.25, 0.3) is 0 Å². The first-order chi connectivity index (χ1) is 7.68. The largest absolute Gasteiger partial charge is 0.348 e. The van der Waals surface area contributed by atoms with Gasteiger partial charge < -0.3 is 14.8 Å². The number of rotatable bonds is 5. The van der Waals surface area contributed by atoms with Crippen LogP contribution in [0.5, 0.6) is 0 Å². The van der Waals surface area contributed by atoms with E-state index in [4.69, 9.17) is 9.47 Å². The lowest BCUT2D eigenvalue weighted by Gasteiger charge is -2.22. The van der Waals surface area contributed by atoms with Gasteiger partial charge >= 0.3 is 0 Å². The van der Waals surface area contributed by atoms with Crippen molar-refractivity contribution >= 4 is 0 Å². The summed E-state index contributed by atoms with van der Waals surface area (Å²) in [6.07, 6.45) is 4.75. The Balaban J connectivity index is 1.65. The number of nitrogens with one attached hydrogen (secondary N) is 1. The maximum Gasteiger partial charge on any atom is 0.166 e. The van der Waals surface area contributed by atoms with Crippen molar-refractivity contribution in [2.75, 3.05) is 19.8 Å². The summed E-state index contributed by atoms with van der Waals surface area (Å²) in [5, 5.41) is 7.47. The average molecular weight is 225 g/mol. The summed E-state index contributed by atoms with van der Waals surface area (Å²) in [6, 6.07) is 0. The first-order valence-electron chi connectivity index (χ1n) is 5.64. The van der Waals surface area contributed by atoms with Gasteiger partial charge in [0.15, 0.2) is 5.79 Å². The van der Waals surface area contributed by atoms with E-state index in [0.29, 0.717) is 13.2 Å². The molecular weight excluding hydrogens is 206 g/mol. The Morgan fingerprint density at radius 3 is 2.88 bits per heavy atom. The molecule has 1 fully saturated rings. The van der Waals surface area contributed by atoms with Gasteiger partial charge in [0.2, 0.25) is 0 Å². The molecule has 0 aliphatic carbocycles. The minimum absolute atomic E-state index is 0.387. The third kappa shape index (κ3) is 3.04. The van der Waals surface area contributed by atoms with Crippen LogP contribution in [0.1, 0.15) is 18.9 Å². The quantitative estimate of drug-likeness (QED) is 0.748. The maximum atomic E-state index is 5.52. The Labute approximate surface area is 95.7 Å². The van der Waals surface area contributed by atoms with Crippen molar-refractivity contribution in [1.29, 1.82) is 0 Å². The van der Waals surface area contributed by atoms with Gasteiger partial charge in [-0.25, -0.2) is 0 Å². The highest BCUT2D eigenvalue weighted by Gasteiger charge is 2.29. The fourth-order valence-corrected chi connectivity index (χ4v) is 1.81. The molecule has 1 N–H and O–H groups in total. The van der Waals surface area contributed by atoms with Crippen LogP contribution in [0.25, 0.3) is 0 Å². The van der Waals surface area contributed by atoms with Crippen molar-refractivity contribution in [3.8, 4) is 0 Å². The van der Waals surface area contributed by atoms with Crippen LogP contribution in [-0.4, -0.2) is 35.3 Å². The molecule has 0 saturated carbocycles. The summed E-state index contributed by atoms with van der Waals surface area (Å²) in [7, 11) is 1.92. The molecule has 0 radical (unpaired) electrons. The molecule has 2 heterocycles. The second-order valence-corrected chi connectivity index (χ2v) is 4.28. The van der Waals surface area contributed by atoms with Crippen molar-refractivity contribution in [2.45, 2.75) is 25.7 Å². The number of aromatic nitrogens is 2. The van der Waals surface area contributed by atoms with Crippen molar-refractivity contribution in [1.82, 2.24) is 15.1 Å². The van der Waals surface area contributed by atoms with Crippen molar-refractivity contribution in [3.05, 3.63) is 18.0 Å². The summed E-state index contributed by atoms with van der Waals surface area (Å²) in [4.78, 5) is 0. The second-order valence-electron chi connectivity index (χ2n) is 4.28. The molecule has 0 atom stereocenters. The topological polar surface area (TPSA) is 48.3 Å². The zero-order chi connectivity index (χ0) is 11.4. The highest BCUT2D eigenvalue weighted by atomic mass is 16.7. The zero-order valence-electron chi connectivity index (χ0n) is 9.90. The molecule has 1 aromatic rings. The third-order valence-electron chi connectivity index (χ3n) is 2.74. The fraction of sp³-hybridized carbons (Fsp3) is 0.727. The van der Waals surface area contributed by atoms with E-state index in [1.54, 1.807) is 0 Å². The Hall–Kier alpha value is -0.910. The van der Waals surface area contributed by atoms with Crippen LogP contribution in [0.4, 0.5) is 0 Å². The van der Waals surface area contributed by atoms with Gasteiger partial charge in [-0.05, 0) is 6.92 Å². The van der Waals surface area contributed by atoms with Gasteiger partial charge in [-0.3, -0.25) is 4.68 Å². The second kappa shape index (κ2) is 4.95. The van der Waals surface area contributed by atoms with Crippen LogP contribution in [0.3, 0.4) is 0 Å². The highest BCUT2D eigenvalue weighted by Crippen LogP contribution is 2.21. The molecule has 1 aromatic heterocycles. The first kappa shape index (κ1) is 11.6. The Morgan fingerprint density at radius 1 is 1.50 bits per heavy atom. The predicted octanol–water partition coefficient (Wildman–Crippen LogP) is 0.663. The number of ether oxygens (including phenoxy) is 2. The monoisotopic (exact) mass is 225 g/mol. The van der Waals surface area contributed by atoms with E-state index >= 15 is 0 Å². The maximum absolute atomic E-state index is 5.52. The van der Waals surface area contributed by atoms with Crippen LogP contribution in [-0.2, 0) is 23.1 Å². The minimum atomic E-state index is -0.387. The Morgan fingerprint density at radius 2 is 2.25 bits per heavy atom. The van der Waals surface area contributed by atoms with E-state index in [2.05, 4.69) is 10.4 Å². The van der Waals surface area contributed by atoms with Gasteiger partial charge in [0.05, 0.1) is 19.4 Å². The minimum Gasteiger partial charge on any atom is -0.348 e. The zero-order valence-corrected chi connectivity index (χ0v) is 9.90. The van der Waals surface area contributed by atoms with E-state index in [1.165, 1.54) is 5.56 Å². The number of nitrogens with zero attached hydrogens (tertiary/aromatic N) is 2. The summed E-state index contributed by atoms with van der Waals surface area (Å²) in [6.45, 7) is 5.12. The summed E-state index contributed by atoms with van der Waals surface area (Å²) < 4.78 is 12.8. The van der Waals surface area contributed by atoms with Crippen molar-refractivity contribution in [3.63, 3.8) is 0 Å². The smallest absolute Gasteiger partial charge is 0.166 e. The van der Waals surface area contributed by atoms with E-state index in [9.17, 15) is 0 Å². The lowest BCUT2D eigenvalue weighted by Crippen LogP contribution is -2.30.